The number of carbonyl (C=O) groups is 1. The van der Waals surface area contributed by atoms with Crippen LogP contribution in [0.3, 0.4) is 0 Å². The first kappa shape index (κ1) is 29.9. The van der Waals surface area contributed by atoms with Crippen LogP contribution in [0.1, 0.15) is 77.6 Å². The van der Waals surface area contributed by atoms with E-state index in [1.807, 2.05) is 60.7 Å². The molecule has 0 bridgehead atoms. The molecule has 0 radical (unpaired) electrons. The van der Waals surface area contributed by atoms with Gasteiger partial charge in [0.25, 0.3) is 0 Å². The highest BCUT2D eigenvalue weighted by atomic mass is 31.2. The van der Waals surface area contributed by atoms with Crippen molar-refractivity contribution in [2.75, 3.05) is 12.7 Å². The fourth-order valence-electron chi connectivity index (χ4n) is 4.90. The lowest BCUT2D eigenvalue weighted by molar-refractivity contribution is -0.696. The third-order valence-corrected chi connectivity index (χ3v) is 10.1. The molecule has 5 nitrogen and oxygen atoms in total. The third-order valence-electron chi connectivity index (χ3n) is 7.14. The molecule has 1 aromatic heterocycles. The molecule has 1 heterocycles. The Bertz CT molecular complexity index is 1050. The van der Waals surface area contributed by atoms with E-state index in [9.17, 15) is 9.36 Å². The molecule has 2 aromatic carbocycles. The molecule has 0 atom stereocenters. The smallest absolute Gasteiger partial charge is 0.243 e. The number of rotatable bonds is 19. The zero-order valence-electron chi connectivity index (χ0n) is 23.3. The summed E-state index contributed by atoms with van der Waals surface area (Å²) >= 11 is 0. The van der Waals surface area contributed by atoms with Crippen molar-refractivity contribution in [3.63, 3.8) is 0 Å². The van der Waals surface area contributed by atoms with E-state index < -0.39 is 7.14 Å². The number of amides is 1. The summed E-state index contributed by atoms with van der Waals surface area (Å²) in [7, 11) is -3.03. The van der Waals surface area contributed by atoms with Gasteiger partial charge in [-0.2, -0.15) is 0 Å². The Balaban J connectivity index is 1.33. The maximum absolute atomic E-state index is 14.0. The molecule has 0 unspecified atom stereocenters. The number of benzene rings is 2. The van der Waals surface area contributed by atoms with E-state index in [1.165, 1.54) is 64.2 Å². The minimum absolute atomic E-state index is 0.0105. The van der Waals surface area contributed by atoms with Gasteiger partial charge >= 0.3 is 0 Å². The molecule has 206 valence electrons. The minimum Gasteiger partial charge on any atom is -0.356 e. The van der Waals surface area contributed by atoms with E-state index in [4.69, 9.17) is 0 Å². The van der Waals surface area contributed by atoms with Crippen LogP contribution in [0, 0.1) is 0 Å². The fraction of sp³-hybridized carbons (Fsp3) is 0.500. The van der Waals surface area contributed by atoms with Gasteiger partial charge in [0.1, 0.15) is 12.4 Å². The van der Waals surface area contributed by atoms with Crippen molar-refractivity contribution in [1.82, 2.24) is 9.88 Å². The van der Waals surface area contributed by atoms with Crippen molar-refractivity contribution in [3.8, 4) is 0 Å². The lowest BCUT2D eigenvalue weighted by Gasteiger charge is -2.19. The number of aryl methyl sites for hydroxylation is 2. The van der Waals surface area contributed by atoms with Crippen molar-refractivity contribution in [2.45, 2.75) is 90.6 Å². The minimum atomic E-state index is -3.03. The second-order valence-electron chi connectivity index (χ2n) is 10.3. The van der Waals surface area contributed by atoms with Crippen molar-refractivity contribution in [3.05, 3.63) is 79.4 Å². The average molecular weight is 537 g/mol. The quantitative estimate of drug-likeness (QED) is 0.112. The third kappa shape index (κ3) is 10.3. The molecule has 0 aliphatic rings. The SMILES string of the molecule is CCCCCCCCCCCCn1cc[n+](CCCNC(=O)CP(=O)(c2ccccc2)c2ccccc2)c1. The predicted molar refractivity (Wildman–Crippen MR) is 159 cm³/mol. The van der Waals surface area contributed by atoms with Crippen molar-refractivity contribution in [1.29, 1.82) is 0 Å². The lowest BCUT2D eigenvalue weighted by atomic mass is 10.1. The fourth-order valence-corrected chi connectivity index (χ4v) is 7.39. The number of unbranched alkanes of at least 4 members (excludes halogenated alkanes) is 9. The highest BCUT2D eigenvalue weighted by Gasteiger charge is 2.29. The predicted octanol–water partition coefficient (Wildman–Crippen LogP) is 6.22. The molecule has 0 fully saturated rings. The number of hydrogen-bond acceptors (Lipinski definition) is 2. The van der Waals surface area contributed by atoms with E-state index in [2.05, 4.69) is 40.1 Å². The van der Waals surface area contributed by atoms with E-state index >= 15 is 0 Å². The first-order valence-corrected chi connectivity index (χ1v) is 16.5. The monoisotopic (exact) mass is 536 g/mol. The molecule has 38 heavy (non-hydrogen) atoms. The molecule has 0 aliphatic carbocycles. The molecule has 1 amide bonds. The normalized spacial score (nSPS) is 11.5. The first-order chi connectivity index (χ1) is 18.6. The molecular weight excluding hydrogens is 489 g/mol. The highest BCUT2D eigenvalue weighted by Crippen LogP contribution is 2.42. The van der Waals surface area contributed by atoms with Gasteiger partial charge in [0.2, 0.25) is 12.2 Å². The van der Waals surface area contributed by atoms with Crippen molar-refractivity contribution < 1.29 is 13.9 Å². The number of nitrogens with one attached hydrogen (secondary N) is 1. The number of imidazole rings is 1. The van der Waals surface area contributed by atoms with Crippen molar-refractivity contribution in [2.24, 2.45) is 0 Å². The Morgan fingerprint density at radius 1 is 0.789 bits per heavy atom. The maximum atomic E-state index is 14.0. The first-order valence-electron chi connectivity index (χ1n) is 14.6. The van der Waals surface area contributed by atoms with E-state index in [1.54, 1.807) is 0 Å². The highest BCUT2D eigenvalue weighted by molar-refractivity contribution is 7.79. The Hall–Kier alpha value is -2.65. The van der Waals surface area contributed by atoms with Gasteiger partial charge in [0.15, 0.2) is 7.14 Å². The van der Waals surface area contributed by atoms with Gasteiger partial charge in [0.05, 0.1) is 19.3 Å². The van der Waals surface area contributed by atoms with Gasteiger partial charge in [0, 0.05) is 23.6 Å². The van der Waals surface area contributed by atoms with Gasteiger partial charge in [-0.05, 0) is 12.8 Å². The molecule has 0 saturated heterocycles. The zero-order valence-corrected chi connectivity index (χ0v) is 24.2. The number of aromatic nitrogens is 2. The van der Waals surface area contributed by atoms with Crippen LogP contribution in [0.25, 0.3) is 0 Å². The standard InChI is InChI=1S/C32H46N3O2P/c1-2-3-4-5-6-7-8-9-10-17-24-34-26-27-35(29-34)25-18-23-33-32(36)28-38(37,30-19-13-11-14-20-30)31-21-15-12-16-22-31/h11-16,19-22,26-27,29H,2-10,17-18,23-25,28H2,1H3/p+1. The number of hydrogen-bond donors (Lipinski definition) is 1. The van der Waals surface area contributed by atoms with Gasteiger partial charge in [-0.25, -0.2) is 9.13 Å². The van der Waals surface area contributed by atoms with Crippen LogP contribution < -0.4 is 20.5 Å². The Labute approximate surface area is 230 Å². The topological polar surface area (TPSA) is 55.0 Å². The summed E-state index contributed by atoms with van der Waals surface area (Å²) in [5.41, 5.74) is 0. The van der Waals surface area contributed by atoms with Crippen LogP contribution in [0.2, 0.25) is 0 Å². The maximum Gasteiger partial charge on any atom is 0.243 e. The van der Waals surface area contributed by atoms with Crippen LogP contribution in [-0.4, -0.2) is 23.2 Å². The van der Waals surface area contributed by atoms with Crippen LogP contribution in [0.5, 0.6) is 0 Å². The Morgan fingerprint density at radius 2 is 1.34 bits per heavy atom. The van der Waals surface area contributed by atoms with Gasteiger partial charge < -0.3 is 9.88 Å². The zero-order chi connectivity index (χ0) is 26.9. The van der Waals surface area contributed by atoms with E-state index in [0.717, 1.165) is 30.1 Å². The number of carbonyl (C=O) groups excluding carboxylic acids is 1. The second-order valence-corrected chi connectivity index (χ2v) is 13.2. The molecule has 0 aliphatic heterocycles. The summed E-state index contributed by atoms with van der Waals surface area (Å²) in [5, 5.41) is 4.44. The molecular formula is C32H47N3O2P+. The molecule has 0 spiro atoms. The van der Waals surface area contributed by atoms with Crippen LogP contribution in [0.15, 0.2) is 79.4 Å². The summed E-state index contributed by atoms with van der Waals surface area (Å²) in [6.45, 7) is 4.75. The van der Waals surface area contributed by atoms with Gasteiger partial charge in [-0.15, -0.1) is 0 Å². The van der Waals surface area contributed by atoms with Crippen LogP contribution in [0.4, 0.5) is 0 Å². The summed E-state index contributed by atoms with van der Waals surface area (Å²) in [6.07, 6.45) is 20.8. The Kier molecular flexibility index (Phi) is 13.4. The molecule has 1 N–H and O–H groups in total. The van der Waals surface area contributed by atoms with Crippen molar-refractivity contribution >= 4 is 23.7 Å². The number of nitrogens with zero attached hydrogens (tertiary/aromatic N) is 2. The van der Waals surface area contributed by atoms with Gasteiger partial charge in [-0.3, -0.25) is 4.79 Å². The van der Waals surface area contributed by atoms with E-state index in [-0.39, 0.29) is 12.1 Å². The summed E-state index contributed by atoms with van der Waals surface area (Å²) in [6, 6.07) is 18.8. The summed E-state index contributed by atoms with van der Waals surface area (Å²) < 4.78 is 18.5. The lowest BCUT2D eigenvalue weighted by Crippen LogP contribution is -2.36. The molecule has 3 rings (SSSR count). The van der Waals surface area contributed by atoms with Crippen LogP contribution in [-0.2, 0) is 22.4 Å². The Morgan fingerprint density at radius 3 is 1.92 bits per heavy atom. The summed E-state index contributed by atoms with van der Waals surface area (Å²) in [5.74, 6) is -0.162. The largest absolute Gasteiger partial charge is 0.356 e. The van der Waals surface area contributed by atoms with E-state index in [0.29, 0.717) is 6.54 Å². The molecule has 6 heteroatoms. The van der Waals surface area contributed by atoms with Crippen LogP contribution >= 0.6 is 7.14 Å². The average Bonchev–Trinajstić information content (AvgIpc) is 3.40. The molecule has 0 saturated carbocycles. The summed E-state index contributed by atoms with van der Waals surface area (Å²) in [4.78, 5) is 12.8. The second kappa shape index (κ2) is 17.0. The molecule has 3 aromatic rings. The van der Waals surface area contributed by atoms with Gasteiger partial charge in [-0.1, -0.05) is 119 Å².